The number of rotatable bonds is 4. The predicted octanol–water partition coefficient (Wildman–Crippen LogP) is 3.70. The highest BCUT2D eigenvalue weighted by atomic mass is 16.6. The molecule has 0 saturated carbocycles. The maximum atomic E-state index is 12.0. The summed E-state index contributed by atoms with van der Waals surface area (Å²) in [6.07, 6.45) is 3.30. The van der Waals surface area contributed by atoms with Gasteiger partial charge in [0.2, 0.25) is 0 Å². The van der Waals surface area contributed by atoms with Crippen molar-refractivity contribution in [2.24, 2.45) is 0 Å². The second kappa shape index (κ2) is 8.26. The van der Waals surface area contributed by atoms with Crippen LogP contribution in [0.3, 0.4) is 0 Å². The molecule has 31 heavy (non-hydrogen) atoms. The molecule has 0 spiro atoms. The summed E-state index contributed by atoms with van der Waals surface area (Å²) < 4.78 is 5.11. The van der Waals surface area contributed by atoms with Crippen LogP contribution in [0.4, 0.5) is 10.5 Å². The molecular weight excluding hydrogens is 392 g/mol. The molecule has 0 atom stereocenters. The first-order valence-electron chi connectivity index (χ1n) is 10.5. The number of hydrogen-bond acceptors (Lipinski definition) is 6. The standard InChI is InChI=1S/C23H26N6O2/c1-4-31-22(30)29-11-9-28(10-12-29)20-7-8-25-21-17(20)13-19(27-21)18-6-5-16(14-26-18)23(2,3)15-24/h5-8,13-14H,4,9-12H2,1-3H3,(H,25,27). The van der Waals surface area contributed by atoms with E-state index in [1.807, 2.05) is 39.0 Å². The lowest BCUT2D eigenvalue weighted by molar-refractivity contribution is 0.105. The van der Waals surface area contributed by atoms with Crippen LogP contribution in [0, 0.1) is 11.3 Å². The van der Waals surface area contributed by atoms with E-state index in [0.29, 0.717) is 19.7 Å². The molecule has 0 bridgehead atoms. The zero-order valence-electron chi connectivity index (χ0n) is 18.1. The number of H-pyrrole nitrogens is 1. The molecule has 0 aliphatic carbocycles. The Hall–Kier alpha value is -3.60. The van der Waals surface area contributed by atoms with E-state index in [4.69, 9.17) is 4.74 Å². The van der Waals surface area contributed by atoms with E-state index in [9.17, 15) is 10.1 Å². The molecule has 8 heteroatoms. The highest BCUT2D eigenvalue weighted by molar-refractivity contribution is 5.93. The van der Waals surface area contributed by atoms with Crippen molar-refractivity contribution < 1.29 is 9.53 Å². The van der Waals surface area contributed by atoms with Gasteiger partial charge in [0.25, 0.3) is 0 Å². The molecule has 3 aromatic heterocycles. The molecule has 1 aliphatic heterocycles. The Morgan fingerprint density at radius 1 is 1.23 bits per heavy atom. The highest BCUT2D eigenvalue weighted by Crippen LogP contribution is 2.31. The van der Waals surface area contributed by atoms with Crippen molar-refractivity contribution in [2.45, 2.75) is 26.2 Å². The Labute approximate surface area is 181 Å². The number of aromatic nitrogens is 3. The molecule has 1 fully saturated rings. The molecule has 0 radical (unpaired) electrons. The van der Waals surface area contributed by atoms with Crippen molar-refractivity contribution in [3.8, 4) is 17.5 Å². The quantitative estimate of drug-likeness (QED) is 0.694. The van der Waals surface area contributed by atoms with E-state index in [2.05, 4.69) is 32.0 Å². The Morgan fingerprint density at radius 3 is 2.65 bits per heavy atom. The summed E-state index contributed by atoms with van der Waals surface area (Å²) in [5.74, 6) is 0. The van der Waals surface area contributed by atoms with E-state index >= 15 is 0 Å². The topological polar surface area (TPSA) is 98.1 Å². The van der Waals surface area contributed by atoms with Crippen LogP contribution < -0.4 is 4.90 Å². The Kier molecular flexibility index (Phi) is 5.51. The second-order valence-corrected chi connectivity index (χ2v) is 8.12. The van der Waals surface area contributed by atoms with Gasteiger partial charge >= 0.3 is 6.09 Å². The number of fused-ring (bicyclic) bond motifs is 1. The van der Waals surface area contributed by atoms with E-state index < -0.39 is 5.41 Å². The van der Waals surface area contributed by atoms with Gasteiger partial charge in [-0.1, -0.05) is 6.07 Å². The van der Waals surface area contributed by atoms with Crippen LogP contribution in [-0.4, -0.2) is 58.7 Å². The predicted molar refractivity (Wildman–Crippen MR) is 119 cm³/mol. The van der Waals surface area contributed by atoms with Crippen LogP contribution in [0.15, 0.2) is 36.7 Å². The number of anilines is 1. The summed E-state index contributed by atoms with van der Waals surface area (Å²) in [6.45, 7) is 8.67. The van der Waals surface area contributed by atoms with Crippen LogP contribution >= 0.6 is 0 Å². The number of aromatic amines is 1. The third-order valence-corrected chi connectivity index (χ3v) is 5.70. The summed E-state index contributed by atoms with van der Waals surface area (Å²) in [6, 6.07) is 10.2. The van der Waals surface area contributed by atoms with Gasteiger partial charge in [-0.15, -0.1) is 0 Å². The fourth-order valence-electron chi connectivity index (χ4n) is 3.76. The number of amides is 1. The number of nitriles is 1. The molecule has 4 rings (SSSR count). The molecule has 0 aromatic carbocycles. The summed E-state index contributed by atoms with van der Waals surface area (Å²) in [5, 5.41) is 10.4. The van der Waals surface area contributed by atoms with Crippen LogP contribution in [0.25, 0.3) is 22.4 Å². The number of pyridine rings is 2. The van der Waals surface area contributed by atoms with Crippen molar-refractivity contribution >= 4 is 22.8 Å². The summed E-state index contributed by atoms with van der Waals surface area (Å²) in [4.78, 5) is 28.4. The van der Waals surface area contributed by atoms with Crippen molar-refractivity contribution in [1.29, 1.82) is 5.26 Å². The van der Waals surface area contributed by atoms with Gasteiger partial charge in [0.05, 0.1) is 29.5 Å². The fraction of sp³-hybridized carbons (Fsp3) is 0.391. The summed E-state index contributed by atoms with van der Waals surface area (Å²) in [5.41, 5.74) is 3.86. The Morgan fingerprint density at radius 2 is 2.00 bits per heavy atom. The van der Waals surface area contributed by atoms with Crippen LogP contribution in [0.5, 0.6) is 0 Å². The van der Waals surface area contributed by atoms with Crippen molar-refractivity contribution in [2.75, 3.05) is 37.7 Å². The first kappa shape index (κ1) is 20.7. The Balaban J connectivity index is 1.57. The van der Waals surface area contributed by atoms with E-state index in [0.717, 1.165) is 46.8 Å². The molecule has 160 valence electrons. The lowest BCUT2D eigenvalue weighted by Crippen LogP contribution is -2.49. The smallest absolute Gasteiger partial charge is 0.409 e. The summed E-state index contributed by atoms with van der Waals surface area (Å²) >= 11 is 0. The molecule has 1 N–H and O–H groups in total. The lowest BCUT2D eigenvalue weighted by Gasteiger charge is -2.35. The average molecular weight is 419 g/mol. The normalized spacial score (nSPS) is 14.5. The largest absolute Gasteiger partial charge is 0.450 e. The average Bonchev–Trinajstić information content (AvgIpc) is 3.24. The maximum absolute atomic E-state index is 12.0. The zero-order chi connectivity index (χ0) is 22.0. The van der Waals surface area contributed by atoms with Crippen LogP contribution in [0.2, 0.25) is 0 Å². The van der Waals surface area contributed by atoms with E-state index in [1.165, 1.54) is 0 Å². The number of ether oxygens (including phenoxy) is 1. The SMILES string of the molecule is CCOC(=O)N1CCN(c2ccnc3[nH]c(-c4ccc(C(C)(C)C#N)cn4)cc23)CC1. The molecular formula is C23H26N6O2. The van der Waals surface area contributed by atoms with Gasteiger partial charge in [-0.3, -0.25) is 4.98 Å². The number of carbonyl (C=O) groups is 1. The summed E-state index contributed by atoms with van der Waals surface area (Å²) in [7, 11) is 0. The van der Waals surface area contributed by atoms with Gasteiger partial charge < -0.3 is 19.5 Å². The monoisotopic (exact) mass is 418 g/mol. The van der Waals surface area contributed by atoms with Gasteiger partial charge in [-0.2, -0.15) is 5.26 Å². The number of piperazine rings is 1. The molecule has 1 saturated heterocycles. The van der Waals surface area contributed by atoms with Gasteiger partial charge in [-0.05, 0) is 44.5 Å². The van der Waals surface area contributed by atoms with Gasteiger partial charge in [0.1, 0.15) is 5.65 Å². The number of hydrogen-bond donors (Lipinski definition) is 1. The van der Waals surface area contributed by atoms with E-state index in [-0.39, 0.29) is 6.09 Å². The lowest BCUT2D eigenvalue weighted by atomic mass is 9.87. The minimum absolute atomic E-state index is 0.250. The zero-order valence-corrected chi connectivity index (χ0v) is 18.1. The molecule has 0 unspecified atom stereocenters. The minimum Gasteiger partial charge on any atom is -0.450 e. The molecule has 1 amide bonds. The Bertz CT molecular complexity index is 1120. The fourth-order valence-corrected chi connectivity index (χ4v) is 3.76. The van der Waals surface area contributed by atoms with Gasteiger partial charge in [0.15, 0.2) is 0 Å². The maximum Gasteiger partial charge on any atom is 0.409 e. The number of carbonyl (C=O) groups excluding carboxylic acids is 1. The van der Waals surface area contributed by atoms with Gasteiger partial charge in [-0.25, -0.2) is 9.78 Å². The third kappa shape index (κ3) is 4.04. The molecule has 1 aliphatic rings. The first-order valence-corrected chi connectivity index (χ1v) is 10.5. The first-order chi connectivity index (χ1) is 14.9. The van der Waals surface area contributed by atoms with Gasteiger partial charge in [0, 0.05) is 49.6 Å². The molecule has 8 nitrogen and oxygen atoms in total. The highest BCUT2D eigenvalue weighted by Gasteiger charge is 2.24. The number of nitrogens with zero attached hydrogens (tertiary/aromatic N) is 5. The second-order valence-electron chi connectivity index (χ2n) is 8.12. The third-order valence-electron chi connectivity index (χ3n) is 5.70. The number of nitrogens with one attached hydrogen (secondary N) is 1. The van der Waals surface area contributed by atoms with E-state index in [1.54, 1.807) is 17.3 Å². The van der Waals surface area contributed by atoms with Crippen molar-refractivity contribution in [3.05, 3.63) is 42.2 Å². The van der Waals surface area contributed by atoms with Crippen molar-refractivity contribution in [3.63, 3.8) is 0 Å². The van der Waals surface area contributed by atoms with Crippen molar-refractivity contribution in [1.82, 2.24) is 19.9 Å². The van der Waals surface area contributed by atoms with Crippen LogP contribution in [-0.2, 0) is 10.2 Å². The molecule has 4 heterocycles. The molecule has 3 aromatic rings. The minimum atomic E-state index is -0.577. The van der Waals surface area contributed by atoms with Crippen LogP contribution in [0.1, 0.15) is 26.3 Å².